The molecule has 0 saturated carbocycles. The fourth-order valence-electron chi connectivity index (χ4n) is 9.00. The summed E-state index contributed by atoms with van der Waals surface area (Å²) in [6, 6.07) is 0.138. The fraction of sp³-hybridized carbons (Fsp3) is 0.922. The van der Waals surface area contributed by atoms with Crippen LogP contribution in [0.2, 0.25) is 0 Å². The second kappa shape index (κ2) is 37.9. The van der Waals surface area contributed by atoms with Crippen LogP contribution in [-0.4, -0.2) is 37.1 Å². The molecule has 0 saturated heterocycles. The van der Waals surface area contributed by atoms with Crippen molar-refractivity contribution in [2.24, 2.45) is 11.8 Å². The van der Waals surface area contributed by atoms with Gasteiger partial charge in [-0.1, -0.05) is 227 Å². The summed E-state index contributed by atoms with van der Waals surface area (Å²) < 4.78 is 0. The van der Waals surface area contributed by atoms with E-state index in [0.29, 0.717) is 11.4 Å². The van der Waals surface area contributed by atoms with Crippen LogP contribution in [0.1, 0.15) is 260 Å². The maximum Gasteiger partial charge on any atom is 0.253 e. The molecule has 0 spiro atoms. The number of rotatable bonds is 44. The van der Waals surface area contributed by atoms with Crippen molar-refractivity contribution in [2.45, 2.75) is 266 Å². The molecule has 0 fully saturated rings. The van der Waals surface area contributed by atoms with E-state index in [1.165, 1.54) is 225 Å². The lowest BCUT2D eigenvalue weighted by Gasteiger charge is -2.23. The fourth-order valence-corrected chi connectivity index (χ4v) is 9.00. The zero-order chi connectivity index (χ0) is 40.9. The number of nitrogens with one attached hydrogen (secondary N) is 2. The quantitative estimate of drug-likeness (QED) is 0.0510. The van der Waals surface area contributed by atoms with Crippen molar-refractivity contribution in [1.29, 1.82) is 0 Å². The van der Waals surface area contributed by atoms with E-state index in [9.17, 15) is 9.59 Å². The number of unbranched alkanes of at least 4 members (excludes halogenated alkanes) is 21. The minimum absolute atomic E-state index is 0.138. The lowest BCUT2D eigenvalue weighted by molar-refractivity contribution is 0.259. The molecule has 5 heteroatoms. The van der Waals surface area contributed by atoms with Gasteiger partial charge in [0.2, 0.25) is 0 Å². The second-order valence-corrected chi connectivity index (χ2v) is 18.4. The summed E-state index contributed by atoms with van der Waals surface area (Å²) in [5, 5.41) is 6.46. The van der Waals surface area contributed by atoms with Crippen LogP contribution < -0.4 is 21.5 Å². The molecule has 56 heavy (non-hydrogen) atoms. The standard InChI is InChI=1S/C51H99N3O2/c1-7-11-14-17-21-29-38-47(39-30-22-18-15-12-8-2)40-31-24-20-26-33-43-54(44-34-41-52-48-49(53-45(5)6)51(56)50(48)55)42-32-25-19-23-28-37-46(35-10-4)36-27-16-13-9-3/h45-47,52-53H,7-44H2,1-6H3. The predicted octanol–water partition coefficient (Wildman–Crippen LogP) is 15.4. The third-order valence-corrected chi connectivity index (χ3v) is 12.6. The summed E-state index contributed by atoms with van der Waals surface area (Å²) in [6.45, 7) is 17.5. The van der Waals surface area contributed by atoms with Crippen LogP contribution in [0.25, 0.3) is 0 Å². The third-order valence-electron chi connectivity index (χ3n) is 12.6. The van der Waals surface area contributed by atoms with Crippen molar-refractivity contribution in [3.05, 3.63) is 20.4 Å². The molecule has 1 atom stereocenters. The molecule has 0 radical (unpaired) electrons. The summed E-state index contributed by atoms with van der Waals surface area (Å²) in [5.41, 5.74) is 0.245. The van der Waals surface area contributed by atoms with Crippen LogP contribution in [0, 0.1) is 11.8 Å². The van der Waals surface area contributed by atoms with Crippen LogP contribution >= 0.6 is 0 Å². The summed E-state index contributed by atoms with van der Waals surface area (Å²) >= 11 is 0. The molecular formula is C51H99N3O2. The van der Waals surface area contributed by atoms with Gasteiger partial charge in [-0.15, -0.1) is 0 Å². The molecule has 0 heterocycles. The summed E-state index contributed by atoms with van der Waals surface area (Å²) in [7, 11) is 0. The number of hydrogen-bond acceptors (Lipinski definition) is 5. The summed E-state index contributed by atoms with van der Waals surface area (Å²) in [4.78, 5) is 27.0. The summed E-state index contributed by atoms with van der Waals surface area (Å²) in [6.07, 6.45) is 47.4. The first-order chi connectivity index (χ1) is 27.4. The monoisotopic (exact) mass is 786 g/mol. The van der Waals surface area contributed by atoms with Crippen molar-refractivity contribution in [2.75, 3.05) is 36.8 Å². The van der Waals surface area contributed by atoms with E-state index in [1.807, 2.05) is 13.8 Å². The number of hydrogen-bond donors (Lipinski definition) is 2. The molecular weight excluding hydrogens is 687 g/mol. The van der Waals surface area contributed by atoms with E-state index in [-0.39, 0.29) is 16.9 Å². The van der Waals surface area contributed by atoms with Crippen LogP contribution in [0.3, 0.4) is 0 Å². The third kappa shape index (κ3) is 28.1. The second-order valence-electron chi connectivity index (χ2n) is 18.4. The lowest BCUT2D eigenvalue weighted by atomic mass is 9.89. The molecule has 5 nitrogen and oxygen atoms in total. The Morgan fingerprint density at radius 1 is 0.393 bits per heavy atom. The van der Waals surface area contributed by atoms with Gasteiger partial charge in [0, 0.05) is 12.6 Å². The molecule has 1 aromatic carbocycles. The van der Waals surface area contributed by atoms with Gasteiger partial charge in [0.1, 0.15) is 11.4 Å². The van der Waals surface area contributed by atoms with Gasteiger partial charge in [-0.2, -0.15) is 0 Å². The van der Waals surface area contributed by atoms with Gasteiger partial charge in [0.05, 0.1) is 0 Å². The Labute approximate surface area is 350 Å². The molecule has 1 rings (SSSR count). The highest BCUT2D eigenvalue weighted by Gasteiger charge is 2.21. The number of anilines is 2. The van der Waals surface area contributed by atoms with Crippen molar-refractivity contribution in [3.63, 3.8) is 0 Å². The van der Waals surface area contributed by atoms with Crippen LogP contribution in [0.5, 0.6) is 0 Å². The van der Waals surface area contributed by atoms with Gasteiger partial charge in [0.25, 0.3) is 10.9 Å². The Kier molecular flexibility index (Phi) is 35.6. The highest BCUT2D eigenvalue weighted by Crippen LogP contribution is 2.26. The van der Waals surface area contributed by atoms with Crippen LogP contribution in [0.15, 0.2) is 9.59 Å². The molecule has 330 valence electrons. The normalized spacial score (nSPS) is 12.5. The largest absolute Gasteiger partial charge is 0.380 e. The molecule has 1 unspecified atom stereocenters. The maximum atomic E-state index is 12.2. The Morgan fingerprint density at radius 3 is 1.14 bits per heavy atom. The summed E-state index contributed by atoms with van der Waals surface area (Å²) in [5.74, 6) is 1.92. The minimum Gasteiger partial charge on any atom is -0.380 e. The first-order valence-corrected chi connectivity index (χ1v) is 25.4. The molecule has 2 N–H and O–H groups in total. The molecule has 0 amide bonds. The van der Waals surface area contributed by atoms with Gasteiger partial charge < -0.3 is 15.5 Å². The number of nitrogens with zero attached hydrogens (tertiary/aromatic N) is 1. The Hall–Kier alpha value is -1.36. The molecule has 0 aliphatic carbocycles. The molecule has 0 aliphatic heterocycles. The Morgan fingerprint density at radius 2 is 0.732 bits per heavy atom. The van der Waals surface area contributed by atoms with Crippen molar-refractivity contribution in [1.82, 2.24) is 4.90 Å². The van der Waals surface area contributed by atoms with Gasteiger partial charge in [-0.05, 0) is 64.6 Å². The zero-order valence-corrected chi connectivity index (χ0v) is 38.9. The highest BCUT2D eigenvalue weighted by molar-refractivity contribution is 5.74. The van der Waals surface area contributed by atoms with E-state index in [4.69, 9.17) is 0 Å². The van der Waals surface area contributed by atoms with Gasteiger partial charge in [-0.25, -0.2) is 0 Å². The van der Waals surface area contributed by atoms with Gasteiger partial charge in [-0.3, -0.25) is 9.59 Å². The zero-order valence-electron chi connectivity index (χ0n) is 38.9. The van der Waals surface area contributed by atoms with Crippen molar-refractivity contribution >= 4 is 11.4 Å². The molecule has 0 aliphatic rings. The first-order valence-electron chi connectivity index (χ1n) is 25.4. The maximum absolute atomic E-state index is 12.2. The lowest BCUT2D eigenvalue weighted by Crippen LogP contribution is -2.39. The molecule has 1 aromatic rings. The van der Waals surface area contributed by atoms with E-state index in [0.717, 1.165) is 31.3 Å². The van der Waals surface area contributed by atoms with Crippen LogP contribution in [-0.2, 0) is 0 Å². The van der Waals surface area contributed by atoms with E-state index in [1.54, 1.807) is 0 Å². The van der Waals surface area contributed by atoms with Crippen molar-refractivity contribution in [3.8, 4) is 0 Å². The van der Waals surface area contributed by atoms with Gasteiger partial charge in [0.15, 0.2) is 0 Å². The molecule has 0 aromatic heterocycles. The van der Waals surface area contributed by atoms with E-state index in [2.05, 4.69) is 43.2 Å². The average molecular weight is 786 g/mol. The average Bonchev–Trinajstić information content (AvgIpc) is 3.19. The van der Waals surface area contributed by atoms with E-state index < -0.39 is 0 Å². The smallest absolute Gasteiger partial charge is 0.253 e. The predicted molar refractivity (Wildman–Crippen MR) is 252 cm³/mol. The minimum atomic E-state index is -0.373. The van der Waals surface area contributed by atoms with E-state index >= 15 is 0 Å². The Bertz CT molecular complexity index is 1030. The SMILES string of the molecule is CCCCCCCCC(CCCCCCCC)CCCCCCCN(CCCCCCCC(CCC)CCCCCC)CCCNc1c(NC(C)C)c(=O)c1=O. The first kappa shape index (κ1) is 52.7. The van der Waals surface area contributed by atoms with Crippen LogP contribution in [0.4, 0.5) is 11.4 Å². The van der Waals surface area contributed by atoms with Gasteiger partial charge >= 0.3 is 0 Å². The topological polar surface area (TPSA) is 61.4 Å². The molecule has 0 bridgehead atoms. The van der Waals surface area contributed by atoms with Crippen molar-refractivity contribution < 1.29 is 0 Å². The highest BCUT2D eigenvalue weighted by atomic mass is 16.2. The Balaban J connectivity index is 2.48.